The first kappa shape index (κ1) is 19.2. The van der Waals surface area contributed by atoms with E-state index in [1.165, 1.54) is 5.56 Å². The molecule has 1 atom stereocenters. The molecule has 1 aromatic rings. The number of ether oxygens (including phenoxy) is 2. The third-order valence-corrected chi connectivity index (χ3v) is 5.28. The zero-order valence-corrected chi connectivity index (χ0v) is 16.3. The molecule has 1 unspecified atom stereocenters. The fourth-order valence-corrected chi connectivity index (χ4v) is 3.88. The lowest BCUT2D eigenvalue weighted by Gasteiger charge is -2.40. The Morgan fingerprint density at radius 1 is 1.19 bits per heavy atom. The van der Waals surface area contributed by atoms with Crippen LogP contribution in [-0.4, -0.2) is 47.9 Å². The summed E-state index contributed by atoms with van der Waals surface area (Å²) < 4.78 is 11.4. The van der Waals surface area contributed by atoms with Gasteiger partial charge in [0.25, 0.3) is 0 Å². The Kier molecular flexibility index (Phi) is 5.88. The minimum absolute atomic E-state index is 0.166. The number of hydrogen-bond acceptors (Lipinski definition) is 4. The van der Waals surface area contributed by atoms with Crippen LogP contribution < -0.4 is 5.32 Å². The van der Waals surface area contributed by atoms with Gasteiger partial charge in [-0.15, -0.1) is 0 Å². The van der Waals surface area contributed by atoms with E-state index >= 15 is 0 Å². The van der Waals surface area contributed by atoms with Crippen LogP contribution in [0.1, 0.15) is 52.0 Å². The summed E-state index contributed by atoms with van der Waals surface area (Å²) in [6.45, 7) is 8.67. The molecule has 0 saturated carbocycles. The van der Waals surface area contributed by atoms with Crippen LogP contribution in [0.3, 0.4) is 0 Å². The molecule has 5 heteroatoms. The summed E-state index contributed by atoms with van der Waals surface area (Å²) in [6.07, 6.45) is 4.09. The van der Waals surface area contributed by atoms with E-state index in [9.17, 15) is 4.79 Å². The topological polar surface area (TPSA) is 50.8 Å². The SMILES string of the molecule is CC(C)(C)OC(=O)N1CCC2(CCC(COCc3ccccc3)N2)CC1. The van der Waals surface area contributed by atoms with Crippen molar-refractivity contribution in [3.8, 4) is 0 Å². The molecule has 1 aromatic carbocycles. The van der Waals surface area contributed by atoms with E-state index in [2.05, 4.69) is 17.4 Å². The van der Waals surface area contributed by atoms with Crippen molar-refractivity contribution in [2.75, 3.05) is 19.7 Å². The molecular formula is C21H32N2O3. The van der Waals surface area contributed by atoms with Crippen molar-refractivity contribution in [2.24, 2.45) is 0 Å². The van der Waals surface area contributed by atoms with Gasteiger partial charge in [-0.1, -0.05) is 30.3 Å². The Hall–Kier alpha value is -1.59. The average molecular weight is 360 g/mol. The number of nitrogens with one attached hydrogen (secondary N) is 1. The molecule has 1 spiro atoms. The molecule has 0 radical (unpaired) electrons. The first-order valence-electron chi connectivity index (χ1n) is 9.73. The number of hydrogen-bond donors (Lipinski definition) is 1. The number of likely N-dealkylation sites (tertiary alicyclic amines) is 1. The number of amides is 1. The van der Waals surface area contributed by atoms with E-state index in [1.807, 2.05) is 43.9 Å². The highest BCUT2D eigenvalue weighted by Gasteiger charge is 2.42. The monoisotopic (exact) mass is 360 g/mol. The Balaban J connectivity index is 1.40. The quantitative estimate of drug-likeness (QED) is 0.889. The van der Waals surface area contributed by atoms with Crippen molar-refractivity contribution in [1.82, 2.24) is 10.2 Å². The molecule has 2 saturated heterocycles. The maximum atomic E-state index is 12.2. The number of rotatable bonds is 4. The Morgan fingerprint density at radius 3 is 2.54 bits per heavy atom. The van der Waals surface area contributed by atoms with E-state index in [0.717, 1.165) is 45.4 Å². The minimum Gasteiger partial charge on any atom is -0.444 e. The van der Waals surface area contributed by atoms with Gasteiger partial charge in [0.1, 0.15) is 5.60 Å². The summed E-state index contributed by atoms with van der Waals surface area (Å²) in [7, 11) is 0. The van der Waals surface area contributed by atoms with Gasteiger partial charge in [0.05, 0.1) is 13.2 Å². The number of carbonyl (C=O) groups excluding carboxylic acids is 1. The van der Waals surface area contributed by atoms with Gasteiger partial charge in [-0.05, 0) is 52.0 Å². The third kappa shape index (κ3) is 5.21. The summed E-state index contributed by atoms with van der Waals surface area (Å²) >= 11 is 0. The molecule has 2 aliphatic rings. The second-order valence-electron chi connectivity index (χ2n) is 8.63. The highest BCUT2D eigenvalue weighted by molar-refractivity contribution is 5.68. The van der Waals surface area contributed by atoms with Crippen molar-refractivity contribution in [3.63, 3.8) is 0 Å². The standard InChI is InChI=1S/C21H32N2O3/c1-20(2,3)26-19(24)23-13-11-21(12-14-23)10-9-18(22-21)16-25-15-17-7-5-4-6-8-17/h4-8,18,22H,9-16H2,1-3H3. The molecule has 2 aliphatic heterocycles. The van der Waals surface area contributed by atoms with Gasteiger partial charge >= 0.3 is 6.09 Å². The Labute approximate surface area is 157 Å². The molecule has 5 nitrogen and oxygen atoms in total. The number of piperidine rings is 1. The van der Waals surface area contributed by atoms with E-state index in [0.29, 0.717) is 12.6 Å². The van der Waals surface area contributed by atoms with Crippen molar-refractivity contribution >= 4 is 6.09 Å². The second kappa shape index (κ2) is 7.97. The zero-order valence-electron chi connectivity index (χ0n) is 16.3. The van der Waals surface area contributed by atoms with Gasteiger partial charge in [-0.3, -0.25) is 0 Å². The van der Waals surface area contributed by atoms with Gasteiger partial charge in [0.15, 0.2) is 0 Å². The fraction of sp³-hybridized carbons (Fsp3) is 0.667. The Morgan fingerprint density at radius 2 is 1.88 bits per heavy atom. The van der Waals surface area contributed by atoms with Crippen LogP contribution in [0.5, 0.6) is 0 Å². The van der Waals surface area contributed by atoms with Gasteiger partial charge in [0, 0.05) is 24.7 Å². The summed E-state index contributed by atoms with van der Waals surface area (Å²) in [6, 6.07) is 10.7. The van der Waals surface area contributed by atoms with Gasteiger partial charge in [-0.2, -0.15) is 0 Å². The predicted molar refractivity (Wildman–Crippen MR) is 102 cm³/mol. The average Bonchev–Trinajstić information content (AvgIpc) is 2.97. The van der Waals surface area contributed by atoms with Crippen molar-refractivity contribution < 1.29 is 14.3 Å². The normalized spacial score (nSPS) is 22.6. The summed E-state index contributed by atoms with van der Waals surface area (Å²) in [4.78, 5) is 14.1. The van der Waals surface area contributed by atoms with Crippen LogP contribution in [-0.2, 0) is 16.1 Å². The maximum Gasteiger partial charge on any atom is 0.410 e. The van der Waals surface area contributed by atoms with Gasteiger partial charge in [-0.25, -0.2) is 4.79 Å². The van der Waals surface area contributed by atoms with E-state index in [4.69, 9.17) is 9.47 Å². The molecular weight excluding hydrogens is 328 g/mol. The molecule has 0 aliphatic carbocycles. The van der Waals surface area contributed by atoms with Crippen molar-refractivity contribution in [3.05, 3.63) is 35.9 Å². The first-order valence-corrected chi connectivity index (χ1v) is 9.73. The van der Waals surface area contributed by atoms with Gasteiger partial charge in [0.2, 0.25) is 0 Å². The lowest BCUT2D eigenvalue weighted by molar-refractivity contribution is 0.0150. The molecule has 0 aromatic heterocycles. The molecule has 0 bridgehead atoms. The fourth-order valence-electron chi connectivity index (χ4n) is 3.88. The van der Waals surface area contributed by atoms with E-state index in [-0.39, 0.29) is 11.6 Å². The van der Waals surface area contributed by atoms with Crippen LogP contribution in [0.15, 0.2) is 30.3 Å². The lowest BCUT2D eigenvalue weighted by Crippen LogP contribution is -2.53. The molecule has 3 rings (SSSR count). The predicted octanol–water partition coefficient (Wildman–Crippen LogP) is 3.72. The lowest BCUT2D eigenvalue weighted by atomic mass is 9.86. The zero-order chi connectivity index (χ0) is 18.6. The van der Waals surface area contributed by atoms with E-state index in [1.54, 1.807) is 0 Å². The van der Waals surface area contributed by atoms with Crippen molar-refractivity contribution in [2.45, 2.75) is 70.2 Å². The Bertz CT molecular complexity index is 589. The molecule has 1 N–H and O–H groups in total. The highest BCUT2D eigenvalue weighted by atomic mass is 16.6. The van der Waals surface area contributed by atoms with Crippen LogP contribution >= 0.6 is 0 Å². The van der Waals surface area contributed by atoms with Crippen LogP contribution in [0, 0.1) is 0 Å². The van der Waals surface area contributed by atoms with Crippen LogP contribution in [0.2, 0.25) is 0 Å². The first-order chi connectivity index (χ1) is 12.4. The molecule has 144 valence electrons. The number of carbonyl (C=O) groups is 1. The molecule has 1 amide bonds. The number of benzene rings is 1. The minimum atomic E-state index is -0.432. The van der Waals surface area contributed by atoms with Crippen LogP contribution in [0.25, 0.3) is 0 Å². The largest absolute Gasteiger partial charge is 0.444 e. The molecule has 2 fully saturated rings. The summed E-state index contributed by atoms with van der Waals surface area (Å²) in [5.41, 5.74) is 0.948. The second-order valence-corrected chi connectivity index (χ2v) is 8.63. The van der Waals surface area contributed by atoms with Gasteiger partial charge < -0.3 is 19.7 Å². The smallest absolute Gasteiger partial charge is 0.410 e. The highest BCUT2D eigenvalue weighted by Crippen LogP contribution is 2.34. The molecule has 26 heavy (non-hydrogen) atoms. The van der Waals surface area contributed by atoms with E-state index < -0.39 is 5.60 Å². The summed E-state index contributed by atoms with van der Waals surface area (Å²) in [5.74, 6) is 0. The van der Waals surface area contributed by atoms with Crippen molar-refractivity contribution in [1.29, 1.82) is 0 Å². The summed E-state index contributed by atoms with van der Waals surface area (Å²) in [5, 5.41) is 3.80. The molecule has 2 heterocycles. The maximum absolute atomic E-state index is 12.2. The number of nitrogens with zero attached hydrogens (tertiary/aromatic N) is 1. The third-order valence-electron chi connectivity index (χ3n) is 5.28. The van der Waals surface area contributed by atoms with Crippen LogP contribution in [0.4, 0.5) is 4.79 Å².